The van der Waals surface area contributed by atoms with Crippen molar-refractivity contribution in [2.24, 2.45) is 5.92 Å². The zero-order valence-electron chi connectivity index (χ0n) is 18.2. The number of hydrogen-bond acceptors (Lipinski definition) is 7. The first-order valence-corrected chi connectivity index (χ1v) is 13.4. The fraction of sp³-hybridized carbons (Fsp3) is 0.652. The lowest BCUT2D eigenvalue weighted by molar-refractivity contribution is -0.174. The highest BCUT2D eigenvalue weighted by Gasteiger charge is 2.46. The van der Waals surface area contributed by atoms with Gasteiger partial charge in [0.15, 0.2) is 12.1 Å². The third-order valence-electron chi connectivity index (χ3n) is 6.34. The molecule has 170 valence electrons. The molecule has 2 saturated heterocycles. The monoisotopic (exact) mass is 464 g/mol. The van der Waals surface area contributed by atoms with E-state index in [1.165, 1.54) is 11.1 Å². The van der Waals surface area contributed by atoms with Crippen LogP contribution in [0.3, 0.4) is 0 Å². The highest BCUT2D eigenvalue weighted by atomic mass is 32.2. The fourth-order valence-corrected chi connectivity index (χ4v) is 7.17. The average molecular weight is 465 g/mol. The second kappa shape index (κ2) is 10.7. The van der Waals surface area contributed by atoms with E-state index in [1.54, 1.807) is 23.5 Å². The van der Waals surface area contributed by atoms with Gasteiger partial charge in [-0.05, 0) is 44.2 Å². The molecule has 31 heavy (non-hydrogen) atoms. The summed E-state index contributed by atoms with van der Waals surface area (Å²) in [6.07, 6.45) is 2.16. The predicted molar refractivity (Wildman–Crippen MR) is 125 cm³/mol. The Kier molecular flexibility index (Phi) is 7.98. The number of nitrogens with zero attached hydrogens (tertiary/aromatic N) is 1. The minimum absolute atomic E-state index is 0.000958. The first kappa shape index (κ1) is 23.1. The Hall–Kier alpha value is -1.06. The summed E-state index contributed by atoms with van der Waals surface area (Å²) in [5.41, 5.74) is 2.63. The number of ether oxygens (including phenoxy) is 2. The summed E-state index contributed by atoms with van der Waals surface area (Å²) in [5, 5.41) is 2.98. The molecule has 1 unspecified atom stereocenters. The maximum atomic E-state index is 13.5. The van der Waals surface area contributed by atoms with Crippen molar-refractivity contribution < 1.29 is 19.1 Å². The Morgan fingerprint density at radius 2 is 1.94 bits per heavy atom. The van der Waals surface area contributed by atoms with E-state index in [4.69, 9.17) is 9.47 Å². The van der Waals surface area contributed by atoms with E-state index in [-0.39, 0.29) is 28.9 Å². The van der Waals surface area contributed by atoms with Gasteiger partial charge < -0.3 is 14.4 Å². The van der Waals surface area contributed by atoms with Gasteiger partial charge in [0.25, 0.3) is 0 Å². The van der Waals surface area contributed by atoms with Gasteiger partial charge in [0.2, 0.25) is 5.91 Å². The predicted octanol–water partition coefficient (Wildman–Crippen LogP) is 2.69. The summed E-state index contributed by atoms with van der Waals surface area (Å²) in [5.74, 6) is 2.24. The molecule has 8 heteroatoms. The zero-order valence-corrected chi connectivity index (χ0v) is 19.9. The second-order valence-electron chi connectivity index (χ2n) is 8.18. The molecule has 1 N–H and O–H groups in total. The molecule has 2 aliphatic heterocycles. The van der Waals surface area contributed by atoms with Crippen molar-refractivity contribution in [3.05, 3.63) is 35.4 Å². The van der Waals surface area contributed by atoms with E-state index >= 15 is 0 Å². The molecular weight excluding hydrogens is 432 g/mol. The molecule has 0 radical (unpaired) electrons. The average Bonchev–Trinajstić information content (AvgIpc) is 3.47. The van der Waals surface area contributed by atoms with E-state index in [9.17, 15) is 9.59 Å². The molecule has 1 aromatic carbocycles. The van der Waals surface area contributed by atoms with Gasteiger partial charge in [0, 0.05) is 30.8 Å². The number of Topliss-reactive ketones (excluding diaryl/α,β-unsaturated/α-hetero) is 1. The number of rotatable bonds is 8. The fourth-order valence-electron chi connectivity index (χ4n) is 4.75. The third-order valence-corrected chi connectivity index (χ3v) is 8.58. The molecule has 0 aromatic heterocycles. The molecule has 0 bridgehead atoms. The van der Waals surface area contributed by atoms with Crippen LogP contribution in [0.25, 0.3) is 0 Å². The van der Waals surface area contributed by atoms with E-state index in [1.807, 2.05) is 24.8 Å². The first-order valence-electron chi connectivity index (χ1n) is 11.2. The molecule has 3 aliphatic rings. The summed E-state index contributed by atoms with van der Waals surface area (Å²) in [4.78, 5) is 28.9. The van der Waals surface area contributed by atoms with Crippen molar-refractivity contribution in [2.75, 3.05) is 30.7 Å². The number of fused-ring (bicyclic) bond motifs is 1. The molecule has 6 nitrogen and oxygen atoms in total. The largest absolute Gasteiger partial charge is 0.351 e. The van der Waals surface area contributed by atoms with Crippen LogP contribution in [-0.2, 0) is 31.9 Å². The van der Waals surface area contributed by atoms with Gasteiger partial charge in [-0.15, -0.1) is 23.5 Å². The molecule has 1 aliphatic carbocycles. The van der Waals surface area contributed by atoms with Crippen LogP contribution in [0.1, 0.15) is 31.4 Å². The SMILES string of the molecule is CCOC(OCC)[C@@H]1CSCN1C(=O)[C@H]1NCSC1C(=O)[C@@H]1CCc2ccccc2C1. The molecule has 0 saturated carbocycles. The number of benzene rings is 1. The number of aryl methyl sites for hydroxylation is 1. The van der Waals surface area contributed by atoms with Gasteiger partial charge in [0.1, 0.15) is 6.04 Å². The smallest absolute Gasteiger partial charge is 0.242 e. The molecule has 0 spiro atoms. The summed E-state index contributed by atoms with van der Waals surface area (Å²) >= 11 is 3.29. The minimum Gasteiger partial charge on any atom is -0.351 e. The van der Waals surface area contributed by atoms with Crippen molar-refractivity contribution in [1.29, 1.82) is 0 Å². The molecular formula is C23H32N2O4S2. The summed E-state index contributed by atoms with van der Waals surface area (Å²) in [6.45, 7) is 4.95. The van der Waals surface area contributed by atoms with Gasteiger partial charge in [-0.3, -0.25) is 14.9 Å². The molecule has 1 aromatic rings. The Morgan fingerprint density at radius 1 is 1.19 bits per heavy atom. The van der Waals surface area contributed by atoms with Gasteiger partial charge >= 0.3 is 0 Å². The van der Waals surface area contributed by atoms with Gasteiger partial charge in [-0.2, -0.15) is 0 Å². The number of carbonyl (C=O) groups is 2. The Labute approximate surface area is 193 Å². The van der Waals surface area contributed by atoms with Gasteiger partial charge in [-0.1, -0.05) is 24.3 Å². The van der Waals surface area contributed by atoms with Crippen LogP contribution in [0.5, 0.6) is 0 Å². The van der Waals surface area contributed by atoms with Crippen molar-refractivity contribution in [2.45, 2.75) is 56.7 Å². The van der Waals surface area contributed by atoms with E-state index < -0.39 is 12.3 Å². The highest BCUT2D eigenvalue weighted by molar-refractivity contribution is 8.01. The topological polar surface area (TPSA) is 67.9 Å². The summed E-state index contributed by atoms with van der Waals surface area (Å²) < 4.78 is 11.6. The van der Waals surface area contributed by atoms with E-state index in [0.29, 0.717) is 25.0 Å². The van der Waals surface area contributed by atoms with Crippen LogP contribution >= 0.6 is 23.5 Å². The first-order chi connectivity index (χ1) is 15.1. The highest BCUT2D eigenvalue weighted by Crippen LogP contribution is 2.34. The normalized spacial score (nSPS) is 28.2. The lowest BCUT2D eigenvalue weighted by atomic mass is 9.80. The summed E-state index contributed by atoms with van der Waals surface area (Å²) in [7, 11) is 0. The number of thioether (sulfide) groups is 2. The van der Waals surface area contributed by atoms with E-state index in [2.05, 4.69) is 23.5 Å². The number of nitrogens with one attached hydrogen (secondary N) is 1. The molecule has 1 amide bonds. The number of carbonyl (C=O) groups excluding carboxylic acids is 2. The molecule has 2 heterocycles. The molecule has 2 fully saturated rings. The summed E-state index contributed by atoms with van der Waals surface area (Å²) in [6, 6.07) is 7.80. The van der Waals surface area contributed by atoms with Crippen LogP contribution < -0.4 is 5.32 Å². The lowest BCUT2D eigenvalue weighted by Gasteiger charge is -2.33. The number of ketones is 1. The lowest BCUT2D eigenvalue weighted by Crippen LogP contribution is -2.55. The zero-order chi connectivity index (χ0) is 21.8. The van der Waals surface area contributed by atoms with Gasteiger partial charge in [0.05, 0.1) is 17.2 Å². The Morgan fingerprint density at radius 3 is 2.68 bits per heavy atom. The van der Waals surface area contributed by atoms with Crippen LogP contribution in [-0.4, -0.2) is 70.9 Å². The molecule has 4 rings (SSSR count). The molecule has 4 atom stereocenters. The second-order valence-corrected chi connectivity index (χ2v) is 10.3. The van der Waals surface area contributed by atoms with Crippen molar-refractivity contribution >= 4 is 35.2 Å². The standard InChI is InChI=1S/C23H32N2O4S2/c1-3-28-23(29-4-2)18-12-30-14-25(18)22(27)19-21(31-13-24-19)20(26)17-10-9-15-7-5-6-8-16(15)11-17/h5-8,17-19,21,23-24H,3-4,9-14H2,1-2H3/t17-,18+,19+,21?/m1/s1. The van der Waals surface area contributed by atoms with Crippen LogP contribution in [0.4, 0.5) is 0 Å². The maximum Gasteiger partial charge on any atom is 0.242 e. The Bertz CT molecular complexity index is 787. The van der Waals surface area contributed by atoms with Crippen LogP contribution in [0.2, 0.25) is 0 Å². The minimum atomic E-state index is -0.472. The van der Waals surface area contributed by atoms with Crippen molar-refractivity contribution in [3.8, 4) is 0 Å². The number of amides is 1. The van der Waals surface area contributed by atoms with Gasteiger partial charge in [-0.25, -0.2) is 0 Å². The van der Waals surface area contributed by atoms with Crippen molar-refractivity contribution in [3.63, 3.8) is 0 Å². The van der Waals surface area contributed by atoms with E-state index in [0.717, 1.165) is 25.0 Å². The Balaban J connectivity index is 1.45. The van der Waals surface area contributed by atoms with Crippen LogP contribution in [0.15, 0.2) is 24.3 Å². The quantitative estimate of drug-likeness (QED) is 0.593. The third kappa shape index (κ3) is 4.98. The van der Waals surface area contributed by atoms with Crippen molar-refractivity contribution in [1.82, 2.24) is 10.2 Å². The van der Waals surface area contributed by atoms with Crippen LogP contribution in [0, 0.1) is 5.92 Å². The number of hydrogen-bond donors (Lipinski definition) is 1. The maximum absolute atomic E-state index is 13.5.